The van der Waals surface area contributed by atoms with Crippen molar-refractivity contribution in [2.45, 2.75) is 0 Å². The predicted octanol–water partition coefficient (Wildman–Crippen LogP) is 4.78. The molecule has 0 bridgehead atoms. The molecule has 94 valence electrons. The molecule has 5 nitrogen and oxygen atoms in total. The van der Waals surface area contributed by atoms with Crippen LogP contribution in [0.15, 0.2) is 50.6 Å². The summed E-state index contributed by atoms with van der Waals surface area (Å²) in [4.78, 5) is 19.1. The molecule has 0 unspecified atom stereocenters. The Kier molecular flexibility index (Phi) is 4.31. The number of aromatic nitrogens is 1. The number of rotatable bonds is 3. The summed E-state index contributed by atoms with van der Waals surface area (Å²) in [5.74, 6) is -0.301. The van der Waals surface area contributed by atoms with E-state index in [1.54, 1.807) is 30.3 Å². The molecule has 1 aromatic carbocycles. The van der Waals surface area contributed by atoms with Gasteiger partial charge < -0.3 is 0 Å². The number of ketones is 1. The molecule has 1 heterocycles. The highest BCUT2D eigenvalue weighted by molar-refractivity contribution is 9.11. The van der Waals surface area contributed by atoms with Crippen LogP contribution in [0.25, 0.3) is 10.4 Å². The van der Waals surface area contributed by atoms with Crippen LogP contribution >= 0.6 is 31.9 Å². The quantitative estimate of drug-likeness (QED) is 0.332. The maximum absolute atomic E-state index is 12.4. The lowest BCUT2D eigenvalue weighted by Crippen LogP contribution is -2.04. The van der Waals surface area contributed by atoms with E-state index in [-0.39, 0.29) is 17.0 Å². The zero-order chi connectivity index (χ0) is 13.8. The number of benzene rings is 1. The Hall–Kier alpha value is -1.69. The van der Waals surface area contributed by atoms with Crippen LogP contribution in [0.2, 0.25) is 0 Å². The zero-order valence-corrected chi connectivity index (χ0v) is 12.6. The van der Waals surface area contributed by atoms with Gasteiger partial charge in [-0.1, -0.05) is 43.0 Å². The third-order valence-corrected chi connectivity index (χ3v) is 3.38. The van der Waals surface area contributed by atoms with E-state index in [1.807, 2.05) is 0 Å². The summed E-state index contributed by atoms with van der Waals surface area (Å²) in [5.41, 5.74) is 9.42. The van der Waals surface area contributed by atoms with Crippen LogP contribution in [-0.4, -0.2) is 10.8 Å². The first-order valence-electron chi connectivity index (χ1n) is 5.13. The van der Waals surface area contributed by atoms with Crippen molar-refractivity contribution in [1.82, 2.24) is 4.98 Å². The Labute approximate surface area is 125 Å². The molecule has 0 spiro atoms. The van der Waals surface area contributed by atoms with Gasteiger partial charge in [-0.15, -0.1) is 0 Å². The molecule has 1 aromatic heterocycles. The average molecular weight is 382 g/mol. The normalized spacial score (nSPS) is 9.79. The smallest absolute Gasteiger partial charge is 0.211 e. The Morgan fingerprint density at radius 3 is 2.74 bits per heavy atom. The first-order chi connectivity index (χ1) is 9.13. The van der Waals surface area contributed by atoms with Crippen LogP contribution in [0.4, 0.5) is 5.69 Å². The fourth-order valence-electron chi connectivity index (χ4n) is 1.52. The van der Waals surface area contributed by atoms with Crippen molar-refractivity contribution in [1.29, 1.82) is 0 Å². The van der Waals surface area contributed by atoms with E-state index in [0.29, 0.717) is 14.6 Å². The first kappa shape index (κ1) is 13.7. The van der Waals surface area contributed by atoms with E-state index in [1.165, 1.54) is 6.20 Å². The highest BCUT2D eigenvalue weighted by atomic mass is 79.9. The molecule has 0 radical (unpaired) electrons. The summed E-state index contributed by atoms with van der Waals surface area (Å²) >= 11 is 6.57. The van der Waals surface area contributed by atoms with Crippen molar-refractivity contribution in [3.05, 3.63) is 67.2 Å². The highest BCUT2D eigenvalue weighted by Gasteiger charge is 2.17. The molecule has 0 aliphatic carbocycles. The molecule has 0 amide bonds. The molecule has 2 aromatic rings. The molecule has 0 fully saturated rings. The number of halogens is 2. The minimum atomic E-state index is -0.301. The third kappa shape index (κ3) is 3.01. The molecule has 19 heavy (non-hydrogen) atoms. The van der Waals surface area contributed by atoms with E-state index in [0.717, 1.165) is 0 Å². The minimum Gasteiger partial charge on any atom is -0.287 e. The second-order valence-corrected chi connectivity index (χ2v) is 5.29. The van der Waals surface area contributed by atoms with Gasteiger partial charge >= 0.3 is 0 Å². The molecular formula is C12H6Br2N4O. The number of pyridine rings is 1. The lowest BCUT2D eigenvalue weighted by atomic mass is 10.1. The monoisotopic (exact) mass is 380 g/mol. The van der Waals surface area contributed by atoms with Crippen molar-refractivity contribution in [3.63, 3.8) is 0 Å². The van der Waals surface area contributed by atoms with Crippen molar-refractivity contribution in [2.75, 3.05) is 0 Å². The van der Waals surface area contributed by atoms with E-state index < -0.39 is 0 Å². The number of hydrogen-bond donors (Lipinski definition) is 0. The van der Waals surface area contributed by atoms with Gasteiger partial charge in [-0.2, -0.15) is 0 Å². The predicted molar refractivity (Wildman–Crippen MR) is 78.3 cm³/mol. The van der Waals surface area contributed by atoms with Gasteiger partial charge in [0.05, 0.1) is 5.69 Å². The van der Waals surface area contributed by atoms with Gasteiger partial charge in [0, 0.05) is 25.6 Å². The lowest BCUT2D eigenvalue weighted by molar-refractivity contribution is 0.103. The second kappa shape index (κ2) is 5.97. The first-order valence-corrected chi connectivity index (χ1v) is 6.72. The highest BCUT2D eigenvalue weighted by Crippen LogP contribution is 2.34. The average Bonchev–Trinajstić information content (AvgIpc) is 2.42. The number of carbonyl (C=O) groups is 1. The van der Waals surface area contributed by atoms with Gasteiger partial charge in [0.25, 0.3) is 0 Å². The molecule has 0 aliphatic rings. The summed E-state index contributed by atoms with van der Waals surface area (Å²) in [6, 6.07) is 8.37. The van der Waals surface area contributed by atoms with E-state index >= 15 is 0 Å². The van der Waals surface area contributed by atoms with Crippen LogP contribution in [0.3, 0.4) is 0 Å². The van der Waals surface area contributed by atoms with E-state index in [2.05, 4.69) is 46.9 Å². The van der Waals surface area contributed by atoms with E-state index in [9.17, 15) is 4.79 Å². The number of nitrogens with zero attached hydrogens (tertiary/aromatic N) is 4. The molecular weight excluding hydrogens is 376 g/mol. The zero-order valence-electron chi connectivity index (χ0n) is 9.42. The Morgan fingerprint density at radius 1 is 1.32 bits per heavy atom. The largest absolute Gasteiger partial charge is 0.287 e. The molecule has 0 aliphatic heterocycles. The third-order valence-electron chi connectivity index (χ3n) is 2.32. The van der Waals surface area contributed by atoms with Crippen LogP contribution < -0.4 is 0 Å². The summed E-state index contributed by atoms with van der Waals surface area (Å²) in [6.07, 6.45) is 1.54. The van der Waals surface area contributed by atoms with Crippen LogP contribution in [0.1, 0.15) is 16.1 Å². The Bertz CT molecular complexity index is 682. The number of hydrogen-bond acceptors (Lipinski definition) is 3. The Morgan fingerprint density at radius 2 is 2.11 bits per heavy atom. The van der Waals surface area contributed by atoms with Crippen LogP contribution in [0.5, 0.6) is 0 Å². The molecule has 0 saturated carbocycles. The molecule has 0 saturated heterocycles. The Balaban J connectivity index is 2.62. The van der Waals surface area contributed by atoms with Crippen LogP contribution in [-0.2, 0) is 0 Å². The minimum absolute atomic E-state index is 0.251. The van der Waals surface area contributed by atoms with Gasteiger partial charge in [0.2, 0.25) is 5.78 Å². The van der Waals surface area contributed by atoms with Crippen LogP contribution in [0, 0.1) is 0 Å². The summed E-state index contributed by atoms with van der Waals surface area (Å²) in [6.45, 7) is 0. The van der Waals surface area contributed by atoms with Gasteiger partial charge in [-0.3, -0.25) is 9.78 Å². The van der Waals surface area contributed by atoms with Gasteiger partial charge in [-0.25, -0.2) is 0 Å². The molecule has 0 N–H and O–H groups in total. The SMILES string of the molecule is [N-]=[N+]=Nc1c(Br)cc(Br)cc1C(=O)c1ccccn1. The van der Waals surface area contributed by atoms with Gasteiger partial charge in [0.1, 0.15) is 5.69 Å². The number of carbonyl (C=O) groups excluding carboxylic acids is 1. The van der Waals surface area contributed by atoms with Gasteiger partial charge in [0.15, 0.2) is 0 Å². The summed E-state index contributed by atoms with van der Waals surface area (Å²) in [7, 11) is 0. The number of azide groups is 1. The van der Waals surface area contributed by atoms with Crippen molar-refractivity contribution >= 4 is 43.3 Å². The second-order valence-electron chi connectivity index (χ2n) is 3.52. The topological polar surface area (TPSA) is 78.7 Å². The fraction of sp³-hybridized carbons (Fsp3) is 0. The standard InChI is InChI=1S/C12H6Br2N4O/c13-7-5-8(11(17-18-15)9(14)6-7)12(19)10-3-1-2-4-16-10/h1-6H. The van der Waals surface area contributed by atoms with Crippen molar-refractivity contribution in [3.8, 4) is 0 Å². The lowest BCUT2D eigenvalue weighted by Gasteiger charge is -2.07. The summed E-state index contributed by atoms with van der Waals surface area (Å²) < 4.78 is 1.24. The summed E-state index contributed by atoms with van der Waals surface area (Å²) in [5, 5.41) is 3.56. The molecule has 0 atom stereocenters. The maximum Gasteiger partial charge on any atom is 0.211 e. The van der Waals surface area contributed by atoms with E-state index in [4.69, 9.17) is 5.53 Å². The van der Waals surface area contributed by atoms with Crippen molar-refractivity contribution in [2.24, 2.45) is 5.11 Å². The van der Waals surface area contributed by atoms with Crippen molar-refractivity contribution < 1.29 is 4.79 Å². The fourth-order valence-corrected chi connectivity index (χ4v) is 2.83. The van der Waals surface area contributed by atoms with Gasteiger partial charge in [-0.05, 0) is 29.8 Å². The maximum atomic E-state index is 12.4. The molecule has 2 rings (SSSR count). The molecule has 7 heteroatoms.